The number of aliphatic carboxylic acids is 1. The Balaban J connectivity index is 0.00000235. The Morgan fingerprint density at radius 2 is 1.65 bits per heavy atom. The molecule has 1 aliphatic carbocycles. The molecule has 0 spiro atoms. The van der Waals surface area contributed by atoms with Crippen LogP contribution in [0.15, 0.2) is 58.4 Å². The molecule has 1 atom stereocenters. The smallest absolute Gasteiger partial charge is 0.407 e. The van der Waals surface area contributed by atoms with E-state index in [1.54, 1.807) is 0 Å². The lowest BCUT2D eigenvalue weighted by Crippen LogP contribution is -2.41. The molecule has 1 aliphatic heterocycles. The Labute approximate surface area is 276 Å². The summed E-state index contributed by atoms with van der Waals surface area (Å²) in [5.74, 6) is -0.00243. The van der Waals surface area contributed by atoms with Crippen molar-refractivity contribution >= 4 is 30.0 Å². The van der Waals surface area contributed by atoms with Crippen molar-refractivity contribution in [3.05, 3.63) is 81.9 Å². The van der Waals surface area contributed by atoms with Crippen LogP contribution in [0.5, 0.6) is 5.75 Å². The first kappa shape index (κ1) is 34.7. The molecule has 1 heterocycles. The van der Waals surface area contributed by atoms with Gasteiger partial charge in [0.25, 0.3) is 0 Å². The summed E-state index contributed by atoms with van der Waals surface area (Å²) in [6, 6.07) is 15.0. The van der Waals surface area contributed by atoms with Crippen LogP contribution in [0.3, 0.4) is 0 Å². The molecule has 0 fully saturated rings. The highest BCUT2D eigenvalue weighted by Gasteiger charge is 2.34. The SMILES string of the molecule is CC.Cc1c(C)c(SNC(N)=NCCCC(NC(=O)OCC2c3ccccc3-c3ccccc32)C(=O)O)c(C)c2c1OC(C)(C)C2. The first-order valence-electron chi connectivity index (χ1n) is 15.9. The zero-order chi connectivity index (χ0) is 33.6. The van der Waals surface area contributed by atoms with Crippen LogP contribution < -0.4 is 20.5 Å². The summed E-state index contributed by atoms with van der Waals surface area (Å²) in [4.78, 5) is 29.9. The number of aliphatic imine (C=N–C) groups is 1. The predicted molar refractivity (Wildman–Crippen MR) is 185 cm³/mol. The molecule has 5 N–H and O–H groups in total. The normalized spacial score (nSPS) is 15.0. The molecule has 10 heteroatoms. The summed E-state index contributed by atoms with van der Waals surface area (Å²) in [7, 11) is 0. The van der Waals surface area contributed by atoms with Gasteiger partial charge in [0, 0.05) is 29.3 Å². The van der Waals surface area contributed by atoms with Gasteiger partial charge in [-0.15, -0.1) is 0 Å². The molecule has 0 bridgehead atoms. The third-order valence-electron chi connectivity index (χ3n) is 8.42. The van der Waals surface area contributed by atoms with Crippen molar-refractivity contribution in [3.8, 4) is 16.9 Å². The fourth-order valence-electron chi connectivity index (χ4n) is 6.07. The van der Waals surface area contributed by atoms with E-state index in [1.165, 1.54) is 23.1 Å². The fraction of sp³-hybridized carbons (Fsp3) is 0.417. The number of guanidine groups is 1. The zero-order valence-electron chi connectivity index (χ0n) is 27.8. The number of fused-ring (bicyclic) bond motifs is 4. The summed E-state index contributed by atoms with van der Waals surface area (Å²) in [5, 5.41) is 12.2. The van der Waals surface area contributed by atoms with E-state index in [0.717, 1.165) is 50.4 Å². The zero-order valence-corrected chi connectivity index (χ0v) is 28.6. The number of carbonyl (C=O) groups excluding carboxylic acids is 1. The van der Waals surface area contributed by atoms with E-state index in [9.17, 15) is 14.7 Å². The molecule has 246 valence electrons. The first-order valence-corrected chi connectivity index (χ1v) is 16.7. The highest BCUT2D eigenvalue weighted by Crippen LogP contribution is 2.45. The Morgan fingerprint density at radius 3 is 2.26 bits per heavy atom. The number of carboxylic acids is 1. The predicted octanol–water partition coefficient (Wildman–Crippen LogP) is 7.04. The minimum Gasteiger partial charge on any atom is -0.487 e. The maximum Gasteiger partial charge on any atom is 0.407 e. The van der Waals surface area contributed by atoms with Gasteiger partial charge in [0.1, 0.15) is 24.0 Å². The first-order chi connectivity index (χ1) is 22.0. The average Bonchev–Trinajstić information content (AvgIpc) is 3.55. The molecule has 1 unspecified atom stereocenters. The van der Waals surface area contributed by atoms with Gasteiger partial charge in [-0.05, 0) is 98.4 Å². The van der Waals surface area contributed by atoms with Crippen LogP contribution in [-0.4, -0.2) is 47.9 Å². The molecule has 3 aromatic rings. The molecule has 0 saturated carbocycles. The van der Waals surface area contributed by atoms with Crippen molar-refractivity contribution < 1.29 is 24.2 Å². The van der Waals surface area contributed by atoms with Crippen LogP contribution in [0.4, 0.5) is 4.79 Å². The third-order valence-corrected chi connectivity index (χ3v) is 9.54. The molecule has 46 heavy (non-hydrogen) atoms. The second-order valence-corrected chi connectivity index (χ2v) is 12.8. The third kappa shape index (κ3) is 7.61. The van der Waals surface area contributed by atoms with Gasteiger partial charge >= 0.3 is 12.1 Å². The van der Waals surface area contributed by atoms with E-state index in [2.05, 4.69) is 61.8 Å². The van der Waals surface area contributed by atoms with E-state index >= 15 is 0 Å². The second kappa shape index (κ2) is 14.9. The van der Waals surface area contributed by atoms with Crippen molar-refractivity contribution in [1.82, 2.24) is 10.0 Å². The number of ether oxygens (including phenoxy) is 2. The highest BCUT2D eigenvalue weighted by molar-refractivity contribution is 7.98. The summed E-state index contributed by atoms with van der Waals surface area (Å²) < 4.78 is 14.8. The maximum atomic E-state index is 12.6. The summed E-state index contributed by atoms with van der Waals surface area (Å²) in [6.45, 7) is 14.9. The molecule has 3 aromatic carbocycles. The minimum atomic E-state index is -1.13. The fourth-order valence-corrected chi connectivity index (χ4v) is 6.92. The molecule has 5 rings (SSSR count). The van der Waals surface area contributed by atoms with Crippen LogP contribution in [0.1, 0.15) is 79.8 Å². The number of alkyl carbamates (subject to hydrolysis) is 1. The average molecular weight is 647 g/mol. The van der Waals surface area contributed by atoms with E-state index in [-0.39, 0.29) is 30.5 Å². The van der Waals surface area contributed by atoms with Crippen molar-refractivity contribution in [2.24, 2.45) is 10.7 Å². The highest BCUT2D eigenvalue weighted by atomic mass is 32.2. The van der Waals surface area contributed by atoms with Gasteiger partial charge < -0.3 is 25.6 Å². The standard InChI is InChI=1S/C34H40N4O5S.C2H6/c1-19-20(2)30(21(3)26-17-34(4,5)43-29(19)26)44-38-32(35)36-16-10-15-28(31(39)40)37-33(41)42-18-27-24-13-8-6-11-22(24)23-12-7-9-14-25(23)27;1-2/h6-9,11-14,27-28H,10,15-18H2,1-5H3,(H,37,41)(H,39,40)(H3,35,36,38);1-2H3. The van der Waals surface area contributed by atoms with Gasteiger partial charge in [0.05, 0.1) is 0 Å². The molecule has 9 nitrogen and oxygen atoms in total. The summed E-state index contributed by atoms with van der Waals surface area (Å²) in [6.07, 6.45) is 0.684. The Kier molecular flexibility index (Phi) is 11.3. The number of hydrogen-bond acceptors (Lipinski definition) is 6. The number of benzene rings is 3. The second-order valence-electron chi connectivity index (χ2n) is 12.0. The van der Waals surface area contributed by atoms with Crippen LogP contribution in [0.2, 0.25) is 0 Å². The number of nitrogens with two attached hydrogens (primary N) is 1. The van der Waals surface area contributed by atoms with Crippen LogP contribution in [0, 0.1) is 20.8 Å². The number of carboxylic acid groups (broad SMARTS) is 1. The number of rotatable bonds is 10. The van der Waals surface area contributed by atoms with Gasteiger partial charge in [-0.3, -0.25) is 9.71 Å². The van der Waals surface area contributed by atoms with E-state index in [4.69, 9.17) is 15.2 Å². The van der Waals surface area contributed by atoms with Gasteiger partial charge in [-0.2, -0.15) is 0 Å². The Bertz CT molecular complexity index is 1570. The van der Waals surface area contributed by atoms with Gasteiger partial charge in [-0.25, -0.2) is 9.59 Å². The maximum absolute atomic E-state index is 12.6. The molecule has 1 amide bonds. The number of nitrogens with zero attached hydrogens (tertiary/aromatic N) is 1. The molecular weight excluding hydrogens is 600 g/mol. The quantitative estimate of drug-likeness (QED) is 0.0798. The van der Waals surface area contributed by atoms with E-state index in [1.807, 2.05) is 50.2 Å². The Hall–Kier alpha value is -4.18. The molecule has 0 aromatic heterocycles. The van der Waals surface area contributed by atoms with Crippen LogP contribution >= 0.6 is 11.9 Å². The van der Waals surface area contributed by atoms with Crippen LogP contribution in [-0.2, 0) is 16.0 Å². The largest absolute Gasteiger partial charge is 0.487 e. The van der Waals surface area contributed by atoms with Crippen molar-refractivity contribution in [2.75, 3.05) is 13.2 Å². The number of carbonyl (C=O) groups is 2. The van der Waals surface area contributed by atoms with Gasteiger partial charge in [-0.1, -0.05) is 62.4 Å². The van der Waals surface area contributed by atoms with Gasteiger partial charge in [0.2, 0.25) is 0 Å². The van der Waals surface area contributed by atoms with Crippen molar-refractivity contribution in [2.45, 2.75) is 90.2 Å². The molecule has 0 radical (unpaired) electrons. The lowest BCUT2D eigenvalue weighted by Gasteiger charge is -2.19. The lowest BCUT2D eigenvalue weighted by atomic mass is 9.94. The Morgan fingerprint density at radius 1 is 1.04 bits per heavy atom. The van der Waals surface area contributed by atoms with Crippen molar-refractivity contribution in [3.63, 3.8) is 0 Å². The van der Waals surface area contributed by atoms with Crippen LogP contribution in [0.25, 0.3) is 11.1 Å². The monoisotopic (exact) mass is 646 g/mol. The summed E-state index contributed by atoms with van der Waals surface area (Å²) >= 11 is 1.42. The molecular formula is C36H46N4O5S. The number of amides is 1. The molecule has 2 aliphatic rings. The van der Waals surface area contributed by atoms with E-state index < -0.39 is 18.1 Å². The summed E-state index contributed by atoms with van der Waals surface area (Å²) in [5.41, 5.74) is 15.0. The number of nitrogens with one attached hydrogen (secondary N) is 2. The topological polar surface area (TPSA) is 135 Å². The van der Waals surface area contributed by atoms with E-state index in [0.29, 0.717) is 13.0 Å². The van der Waals surface area contributed by atoms with Gasteiger partial charge in [0.15, 0.2) is 5.96 Å². The number of hydrogen-bond donors (Lipinski definition) is 4. The minimum absolute atomic E-state index is 0.104. The molecule has 0 saturated heterocycles. The lowest BCUT2D eigenvalue weighted by molar-refractivity contribution is -0.139. The van der Waals surface area contributed by atoms with Crippen molar-refractivity contribution in [1.29, 1.82) is 0 Å².